The maximum Gasteiger partial charge on any atom is 0.135 e. The van der Waals surface area contributed by atoms with Crippen molar-refractivity contribution in [1.29, 1.82) is 0 Å². The van der Waals surface area contributed by atoms with Crippen LogP contribution in [0, 0.1) is 11.6 Å². The Morgan fingerprint density at radius 1 is 1.22 bits per heavy atom. The maximum atomic E-state index is 13.8. The van der Waals surface area contributed by atoms with Crippen molar-refractivity contribution in [2.45, 2.75) is 19.8 Å². The lowest BCUT2D eigenvalue weighted by atomic mass is 9.98. The van der Waals surface area contributed by atoms with Crippen LogP contribution in [-0.4, -0.2) is 9.78 Å². The Balaban J connectivity index is 2.76. The average Bonchev–Trinajstić information content (AvgIpc) is 2.55. The minimum absolute atomic E-state index is 0.0349. The molecule has 0 radical (unpaired) electrons. The van der Waals surface area contributed by atoms with E-state index in [4.69, 9.17) is 5.73 Å². The Morgan fingerprint density at radius 3 is 2.28 bits per heavy atom. The van der Waals surface area contributed by atoms with E-state index in [-0.39, 0.29) is 17.2 Å². The highest BCUT2D eigenvalue weighted by atomic mass is 19.1. The Hall–Kier alpha value is -1.91. The van der Waals surface area contributed by atoms with E-state index in [0.29, 0.717) is 11.4 Å². The topological polar surface area (TPSA) is 43.8 Å². The van der Waals surface area contributed by atoms with Gasteiger partial charge in [-0.05, 0) is 18.1 Å². The molecule has 0 amide bonds. The number of hydrogen-bond acceptors (Lipinski definition) is 2. The molecule has 96 valence electrons. The zero-order valence-electron chi connectivity index (χ0n) is 10.5. The second kappa shape index (κ2) is 4.40. The van der Waals surface area contributed by atoms with E-state index in [0.717, 1.165) is 0 Å². The van der Waals surface area contributed by atoms with Crippen molar-refractivity contribution in [3.05, 3.63) is 35.4 Å². The molecule has 0 aliphatic heterocycles. The fourth-order valence-electron chi connectivity index (χ4n) is 2.03. The highest BCUT2D eigenvalue weighted by Crippen LogP contribution is 2.35. The standard InChI is InChI=1S/C13H15F2N3/c1-7(2)10-12(17-18(3)13(10)16)11-8(14)5-4-6-9(11)15/h4-7H,16H2,1-3H3. The molecule has 0 atom stereocenters. The van der Waals surface area contributed by atoms with Gasteiger partial charge in [-0.15, -0.1) is 0 Å². The normalized spacial score (nSPS) is 11.2. The zero-order chi connectivity index (χ0) is 13.4. The number of aryl methyl sites for hydroxylation is 1. The molecule has 0 saturated heterocycles. The summed E-state index contributed by atoms with van der Waals surface area (Å²) in [4.78, 5) is 0. The monoisotopic (exact) mass is 251 g/mol. The van der Waals surface area contributed by atoms with Crippen molar-refractivity contribution in [3.8, 4) is 11.3 Å². The number of hydrogen-bond donors (Lipinski definition) is 1. The molecule has 0 spiro atoms. The van der Waals surface area contributed by atoms with E-state index in [2.05, 4.69) is 5.10 Å². The summed E-state index contributed by atoms with van der Waals surface area (Å²) in [5.74, 6) is -0.791. The van der Waals surface area contributed by atoms with Gasteiger partial charge in [0.05, 0.1) is 5.56 Å². The molecular weight excluding hydrogens is 236 g/mol. The summed E-state index contributed by atoms with van der Waals surface area (Å²) in [7, 11) is 1.66. The van der Waals surface area contributed by atoms with Crippen LogP contribution in [0.5, 0.6) is 0 Å². The van der Waals surface area contributed by atoms with Gasteiger partial charge in [-0.25, -0.2) is 8.78 Å². The molecule has 3 nitrogen and oxygen atoms in total. The number of aromatic nitrogens is 2. The number of anilines is 1. The van der Waals surface area contributed by atoms with Crippen LogP contribution in [0.4, 0.5) is 14.6 Å². The molecule has 0 unspecified atom stereocenters. The summed E-state index contributed by atoms with van der Waals surface area (Å²) in [6, 6.07) is 3.76. The molecular formula is C13H15F2N3. The summed E-state index contributed by atoms with van der Waals surface area (Å²) in [6.45, 7) is 3.82. The Kier molecular flexibility index (Phi) is 3.07. The Bertz CT molecular complexity index is 568. The molecule has 18 heavy (non-hydrogen) atoms. The van der Waals surface area contributed by atoms with Crippen molar-refractivity contribution in [1.82, 2.24) is 9.78 Å². The molecule has 2 aromatic rings. The lowest BCUT2D eigenvalue weighted by Crippen LogP contribution is -2.00. The molecule has 0 saturated carbocycles. The average molecular weight is 251 g/mol. The highest BCUT2D eigenvalue weighted by molar-refractivity contribution is 5.70. The molecule has 1 heterocycles. The van der Waals surface area contributed by atoms with E-state index in [1.165, 1.54) is 22.9 Å². The van der Waals surface area contributed by atoms with Crippen LogP contribution in [0.15, 0.2) is 18.2 Å². The van der Waals surface area contributed by atoms with E-state index < -0.39 is 11.6 Å². The van der Waals surface area contributed by atoms with Crippen LogP contribution in [0.1, 0.15) is 25.3 Å². The van der Waals surface area contributed by atoms with Gasteiger partial charge in [0.2, 0.25) is 0 Å². The number of nitrogens with two attached hydrogens (primary N) is 1. The number of halogens is 2. The van der Waals surface area contributed by atoms with Gasteiger partial charge in [0.1, 0.15) is 23.1 Å². The predicted molar refractivity (Wildman–Crippen MR) is 67.1 cm³/mol. The summed E-state index contributed by atoms with van der Waals surface area (Å²) in [6.07, 6.45) is 0. The molecule has 5 heteroatoms. The minimum Gasteiger partial charge on any atom is -0.384 e. The van der Waals surface area contributed by atoms with Crippen LogP contribution in [-0.2, 0) is 7.05 Å². The molecule has 2 rings (SSSR count). The van der Waals surface area contributed by atoms with Gasteiger partial charge in [-0.2, -0.15) is 5.10 Å². The Morgan fingerprint density at radius 2 is 1.78 bits per heavy atom. The van der Waals surface area contributed by atoms with Gasteiger partial charge in [0, 0.05) is 12.6 Å². The number of rotatable bonds is 2. The molecule has 0 aliphatic rings. The van der Waals surface area contributed by atoms with E-state index in [1.54, 1.807) is 7.05 Å². The summed E-state index contributed by atoms with van der Waals surface area (Å²) >= 11 is 0. The van der Waals surface area contributed by atoms with Gasteiger partial charge in [0.15, 0.2) is 0 Å². The fraction of sp³-hybridized carbons (Fsp3) is 0.308. The predicted octanol–water partition coefficient (Wildman–Crippen LogP) is 3.07. The minimum atomic E-state index is -0.630. The first kappa shape index (κ1) is 12.5. The number of benzene rings is 1. The summed E-state index contributed by atoms with van der Waals surface area (Å²) < 4.78 is 29.0. The molecule has 0 aliphatic carbocycles. The first-order chi connectivity index (χ1) is 8.43. The first-order valence-electron chi connectivity index (χ1n) is 5.70. The SMILES string of the molecule is CC(C)c1c(-c2c(F)cccc2F)nn(C)c1N. The summed E-state index contributed by atoms with van der Waals surface area (Å²) in [5.41, 5.74) is 6.73. The second-order valence-electron chi connectivity index (χ2n) is 4.52. The van der Waals surface area contributed by atoms with Gasteiger partial charge in [0.25, 0.3) is 0 Å². The number of nitrogen functional groups attached to an aromatic ring is 1. The van der Waals surface area contributed by atoms with Crippen LogP contribution >= 0.6 is 0 Å². The third-order valence-electron chi connectivity index (χ3n) is 2.91. The fourth-order valence-corrected chi connectivity index (χ4v) is 2.03. The molecule has 1 aromatic carbocycles. The van der Waals surface area contributed by atoms with Crippen LogP contribution in [0.3, 0.4) is 0 Å². The van der Waals surface area contributed by atoms with Crippen molar-refractivity contribution in [2.75, 3.05) is 5.73 Å². The van der Waals surface area contributed by atoms with E-state index in [1.807, 2.05) is 13.8 Å². The van der Waals surface area contributed by atoms with Gasteiger partial charge in [-0.3, -0.25) is 4.68 Å². The van der Waals surface area contributed by atoms with E-state index >= 15 is 0 Å². The third kappa shape index (κ3) is 1.85. The van der Waals surface area contributed by atoms with Crippen molar-refractivity contribution < 1.29 is 8.78 Å². The molecule has 1 aromatic heterocycles. The zero-order valence-corrected chi connectivity index (χ0v) is 10.5. The summed E-state index contributed by atoms with van der Waals surface area (Å²) in [5, 5.41) is 4.14. The quantitative estimate of drug-likeness (QED) is 0.891. The number of nitrogens with zero attached hydrogens (tertiary/aromatic N) is 2. The maximum absolute atomic E-state index is 13.8. The van der Waals surface area contributed by atoms with Crippen molar-refractivity contribution in [3.63, 3.8) is 0 Å². The van der Waals surface area contributed by atoms with Crippen LogP contribution in [0.25, 0.3) is 11.3 Å². The van der Waals surface area contributed by atoms with Gasteiger partial charge < -0.3 is 5.73 Å². The lowest BCUT2D eigenvalue weighted by Gasteiger charge is -2.08. The van der Waals surface area contributed by atoms with Gasteiger partial charge in [-0.1, -0.05) is 19.9 Å². The second-order valence-corrected chi connectivity index (χ2v) is 4.52. The molecule has 2 N–H and O–H groups in total. The highest BCUT2D eigenvalue weighted by Gasteiger charge is 2.23. The van der Waals surface area contributed by atoms with Crippen molar-refractivity contribution in [2.24, 2.45) is 7.05 Å². The largest absolute Gasteiger partial charge is 0.384 e. The smallest absolute Gasteiger partial charge is 0.135 e. The lowest BCUT2D eigenvalue weighted by molar-refractivity contribution is 0.587. The third-order valence-corrected chi connectivity index (χ3v) is 2.91. The van der Waals surface area contributed by atoms with Crippen molar-refractivity contribution >= 4 is 5.82 Å². The van der Waals surface area contributed by atoms with Gasteiger partial charge >= 0.3 is 0 Å². The molecule has 0 bridgehead atoms. The van der Waals surface area contributed by atoms with Crippen LogP contribution in [0.2, 0.25) is 0 Å². The van der Waals surface area contributed by atoms with Crippen LogP contribution < -0.4 is 5.73 Å². The molecule has 0 fully saturated rings. The first-order valence-corrected chi connectivity index (χ1v) is 5.70. The Labute approximate surface area is 104 Å². The van der Waals surface area contributed by atoms with E-state index in [9.17, 15) is 8.78 Å².